The number of rotatable bonds is 6. The maximum Gasteiger partial charge on any atom is 0.292 e. The van der Waals surface area contributed by atoms with Crippen molar-refractivity contribution in [1.29, 1.82) is 0 Å². The first-order chi connectivity index (χ1) is 8.02. The van der Waals surface area contributed by atoms with E-state index in [0.717, 1.165) is 6.42 Å². The zero-order valence-corrected chi connectivity index (χ0v) is 10.1. The molecule has 0 saturated heterocycles. The Kier molecular flexibility index (Phi) is 4.45. The third-order valence-corrected chi connectivity index (χ3v) is 3.04. The van der Waals surface area contributed by atoms with Crippen molar-refractivity contribution in [3.63, 3.8) is 0 Å². The third-order valence-electron chi connectivity index (χ3n) is 3.04. The topological polar surface area (TPSA) is 75.4 Å². The molecule has 1 unspecified atom stereocenters. The molecule has 1 aromatic carbocycles. The summed E-state index contributed by atoms with van der Waals surface area (Å²) in [6, 6.07) is 6.52. The van der Waals surface area contributed by atoms with Crippen molar-refractivity contribution in [3.05, 3.63) is 34.4 Å². The second-order valence-corrected chi connectivity index (χ2v) is 4.45. The molecule has 1 aromatic rings. The van der Waals surface area contributed by atoms with Gasteiger partial charge in [-0.3, -0.25) is 10.1 Å². The second kappa shape index (κ2) is 5.63. The Hall–Kier alpha value is -1.62. The van der Waals surface area contributed by atoms with E-state index >= 15 is 0 Å². The van der Waals surface area contributed by atoms with Gasteiger partial charge in [-0.2, -0.15) is 0 Å². The Balaban J connectivity index is 2.79. The maximum atomic E-state index is 10.8. The monoisotopic (exact) mass is 238 g/mol. The van der Waals surface area contributed by atoms with Crippen LogP contribution in [0.4, 0.5) is 11.4 Å². The molecule has 0 amide bonds. The van der Waals surface area contributed by atoms with E-state index in [-0.39, 0.29) is 17.7 Å². The van der Waals surface area contributed by atoms with E-state index in [0.29, 0.717) is 12.2 Å². The van der Waals surface area contributed by atoms with Crippen molar-refractivity contribution >= 4 is 11.4 Å². The summed E-state index contributed by atoms with van der Waals surface area (Å²) in [5, 5.41) is 23.1. The molecule has 0 aliphatic carbocycles. The fourth-order valence-corrected chi connectivity index (χ4v) is 1.38. The lowest BCUT2D eigenvalue weighted by Crippen LogP contribution is -2.29. The van der Waals surface area contributed by atoms with Crippen LogP contribution in [0, 0.1) is 15.5 Å². The minimum absolute atomic E-state index is 0.0527. The third kappa shape index (κ3) is 3.42. The number of anilines is 1. The highest BCUT2D eigenvalue weighted by molar-refractivity contribution is 5.61. The Morgan fingerprint density at radius 1 is 1.47 bits per heavy atom. The van der Waals surface area contributed by atoms with Gasteiger partial charge in [0.25, 0.3) is 5.69 Å². The van der Waals surface area contributed by atoms with Crippen LogP contribution in [0.15, 0.2) is 24.3 Å². The molecule has 1 rings (SSSR count). The number of aliphatic hydroxyl groups is 1. The highest BCUT2D eigenvalue weighted by atomic mass is 16.6. The van der Waals surface area contributed by atoms with Crippen LogP contribution in [0.1, 0.15) is 20.3 Å². The van der Waals surface area contributed by atoms with Crippen molar-refractivity contribution in [2.75, 3.05) is 18.5 Å². The van der Waals surface area contributed by atoms with Crippen molar-refractivity contribution in [2.24, 2.45) is 5.41 Å². The summed E-state index contributed by atoms with van der Waals surface area (Å²) in [4.78, 5) is 10.4. The van der Waals surface area contributed by atoms with Gasteiger partial charge >= 0.3 is 0 Å². The first-order valence-corrected chi connectivity index (χ1v) is 5.60. The van der Waals surface area contributed by atoms with Gasteiger partial charge in [0.1, 0.15) is 5.69 Å². The number of benzene rings is 1. The molecule has 0 aromatic heterocycles. The van der Waals surface area contributed by atoms with Crippen molar-refractivity contribution < 1.29 is 10.0 Å². The molecular weight excluding hydrogens is 220 g/mol. The van der Waals surface area contributed by atoms with E-state index in [1.165, 1.54) is 6.07 Å². The van der Waals surface area contributed by atoms with E-state index in [1.807, 2.05) is 13.8 Å². The molecule has 0 spiro atoms. The van der Waals surface area contributed by atoms with Crippen molar-refractivity contribution in [2.45, 2.75) is 20.3 Å². The fourth-order valence-electron chi connectivity index (χ4n) is 1.38. The van der Waals surface area contributed by atoms with Crippen LogP contribution in [0.3, 0.4) is 0 Å². The predicted octanol–water partition coefficient (Wildman–Crippen LogP) is 2.42. The molecule has 5 nitrogen and oxygen atoms in total. The second-order valence-electron chi connectivity index (χ2n) is 4.45. The minimum atomic E-state index is -0.412. The Morgan fingerprint density at radius 3 is 2.65 bits per heavy atom. The summed E-state index contributed by atoms with van der Waals surface area (Å²) >= 11 is 0. The molecule has 5 heteroatoms. The zero-order valence-electron chi connectivity index (χ0n) is 10.1. The number of nitrogens with one attached hydrogen (secondary N) is 1. The van der Waals surface area contributed by atoms with Crippen LogP contribution in [0.5, 0.6) is 0 Å². The summed E-state index contributed by atoms with van der Waals surface area (Å²) in [6.45, 7) is 4.48. The van der Waals surface area contributed by atoms with Crippen LogP contribution in [0.2, 0.25) is 0 Å². The highest BCUT2D eigenvalue weighted by Gasteiger charge is 2.22. The van der Waals surface area contributed by atoms with Crippen LogP contribution in [0.25, 0.3) is 0 Å². The summed E-state index contributed by atoms with van der Waals surface area (Å²) in [7, 11) is 0. The SMILES string of the molecule is CCC(C)(CO)CNc1ccccc1[N+](=O)[O-]. The highest BCUT2D eigenvalue weighted by Crippen LogP contribution is 2.26. The number of nitro groups is 1. The van der Waals surface area contributed by atoms with E-state index in [4.69, 9.17) is 0 Å². The van der Waals surface area contributed by atoms with Gasteiger partial charge in [0.2, 0.25) is 0 Å². The van der Waals surface area contributed by atoms with Gasteiger partial charge in [0.15, 0.2) is 0 Å². The molecule has 0 heterocycles. The lowest BCUT2D eigenvalue weighted by atomic mass is 9.88. The standard InChI is InChI=1S/C12H18N2O3/c1-3-12(2,9-15)8-13-10-6-4-5-7-11(10)14(16)17/h4-7,13,15H,3,8-9H2,1-2H3. The predicted molar refractivity (Wildman–Crippen MR) is 67.1 cm³/mol. The van der Waals surface area contributed by atoms with E-state index in [2.05, 4.69) is 5.32 Å². The Morgan fingerprint density at radius 2 is 2.12 bits per heavy atom. The molecule has 0 bridgehead atoms. The van der Waals surface area contributed by atoms with Crippen molar-refractivity contribution in [1.82, 2.24) is 0 Å². The Labute approximate surface area is 101 Å². The summed E-state index contributed by atoms with van der Waals surface area (Å²) in [6.07, 6.45) is 0.803. The molecule has 0 aliphatic heterocycles. The number of nitrogens with zero attached hydrogens (tertiary/aromatic N) is 1. The fraction of sp³-hybridized carbons (Fsp3) is 0.500. The molecule has 2 N–H and O–H groups in total. The summed E-state index contributed by atoms with van der Waals surface area (Å²) in [5.41, 5.74) is 0.290. The average molecular weight is 238 g/mol. The van der Waals surface area contributed by atoms with Crippen molar-refractivity contribution in [3.8, 4) is 0 Å². The number of nitro benzene ring substituents is 1. The molecule has 0 radical (unpaired) electrons. The van der Waals surface area contributed by atoms with Gasteiger partial charge < -0.3 is 10.4 Å². The molecule has 0 aliphatic rings. The summed E-state index contributed by atoms with van der Waals surface area (Å²) < 4.78 is 0. The molecule has 17 heavy (non-hydrogen) atoms. The van der Waals surface area contributed by atoms with Gasteiger partial charge in [0.05, 0.1) is 11.5 Å². The van der Waals surface area contributed by atoms with Crippen LogP contribution in [-0.2, 0) is 0 Å². The first kappa shape index (κ1) is 13.4. The van der Waals surface area contributed by atoms with E-state index in [1.54, 1.807) is 18.2 Å². The van der Waals surface area contributed by atoms with Crippen LogP contribution < -0.4 is 5.32 Å². The largest absolute Gasteiger partial charge is 0.396 e. The first-order valence-electron chi connectivity index (χ1n) is 5.60. The van der Waals surface area contributed by atoms with Crippen LogP contribution in [-0.4, -0.2) is 23.2 Å². The zero-order chi connectivity index (χ0) is 12.9. The van der Waals surface area contributed by atoms with Gasteiger partial charge in [0, 0.05) is 18.0 Å². The number of para-hydroxylation sites is 2. The lowest BCUT2D eigenvalue weighted by Gasteiger charge is -2.26. The number of hydrogen-bond donors (Lipinski definition) is 2. The van der Waals surface area contributed by atoms with E-state index < -0.39 is 4.92 Å². The van der Waals surface area contributed by atoms with E-state index in [9.17, 15) is 15.2 Å². The van der Waals surface area contributed by atoms with Gasteiger partial charge in [-0.15, -0.1) is 0 Å². The Bertz CT molecular complexity index is 389. The van der Waals surface area contributed by atoms with Gasteiger partial charge in [-0.25, -0.2) is 0 Å². The molecular formula is C12H18N2O3. The molecule has 0 saturated carbocycles. The average Bonchev–Trinajstić information content (AvgIpc) is 2.36. The minimum Gasteiger partial charge on any atom is -0.396 e. The lowest BCUT2D eigenvalue weighted by molar-refractivity contribution is -0.384. The quantitative estimate of drug-likeness (QED) is 0.589. The van der Waals surface area contributed by atoms with Crippen LogP contribution >= 0.6 is 0 Å². The van der Waals surface area contributed by atoms with Gasteiger partial charge in [-0.1, -0.05) is 26.0 Å². The smallest absolute Gasteiger partial charge is 0.292 e. The molecule has 1 atom stereocenters. The number of hydrogen-bond acceptors (Lipinski definition) is 4. The normalized spacial score (nSPS) is 14.1. The maximum absolute atomic E-state index is 10.8. The molecule has 94 valence electrons. The summed E-state index contributed by atoms with van der Waals surface area (Å²) in [5.74, 6) is 0. The molecule has 0 fully saturated rings. The number of aliphatic hydroxyl groups excluding tert-OH is 1. The van der Waals surface area contributed by atoms with Gasteiger partial charge in [-0.05, 0) is 12.5 Å².